The third-order valence-corrected chi connectivity index (χ3v) is 5.15. The van der Waals surface area contributed by atoms with Crippen LogP contribution in [0.5, 0.6) is 0 Å². The van der Waals surface area contributed by atoms with E-state index in [9.17, 15) is 0 Å². The van der Waals surface area contributed by atoms with Gasteiger partial charge in [0.15, 0.2) is 0 Å². The van der Waals surface area contributed by atoms with E-state index in [1.807, 2.05) is 12.1 Å². The van der Waals surface area contributed by atoms with Crippen LogP contribution in [0.25, 0.3) is 0 Å². The van der Waals surface area contributed by atoms with Crippen LogP contribution in [-0.2, 0) is 6.54 Å². The number of hydrogen-bond acceptors (Lipinski definition) is 1. The number of nitrogens with zero attached hydrogens (tertiary/aromatic N) is 1. The Balaban J connectivity index is 1.63. The fraction of sp³-hybridized carbons (Fsp3) is 0.368. The molecule has 1 fully saturated rings. The molecule has 2 aromatic rings. The van der Waals surface area contributed by atoms with Crippen molar-refractivity contribution in [2.45, 2.75) is 20.4 Å². The maximum Gasteiger partial charge on any atom is 0.104 e. The Bertz CT molecular complexity index is 646. The Hall–Kier alpha value is -1.51. The Labute approximate surface area is 138 Å². The highest BCUT2D eigenvalue weighted by Crippen LogP contribution is 2.22. The minimum atomic E-state index is 0.895. The van der Waals surface area contributed by atoms with E-state index in [1.165, 1.54) is 35.5 Å². The molecule has 0 bridgehead atoms. The number of benzene rings is 2. The van der Waals surface area contributed by atoms with E-state index in [1.54, 1.807) is 4.90 Å². The first-order valence-corrected chi connectivity index (χ1v) is 8.41. The summed E-state index contributed by atoms with van der Waals surface area (Å²) in [5.41, 5.74) is 5.46. The van der Waals surface area contributed by atoms with E-state index >= 15 is 0 Å². The van der Waals surface area contributed by atoms with Gasteiger partial charge in [-0.1, -0.05) is 41.9 Å². The fourth-order valence-corrected chi connectivity index (χ4v) is 3.43. The summed E-state index contributed by atoms with van der Waals surface area (Å²) in [6, 6.07) is 14.8. The van der Waals surface area contributed by atoms with E-state index in [4.69, 9.17) is 11.6 Å². The number of anilines is 1. The highest BCUT2D eigenvalue weighted by molar-refractivity contribution is 6.31. The van der Waals surface area contributed by atoms with E-state index in [0.717, 1.165) is 24.7 Å². The van der Waals surface area contributed by atoms with E-state index in [0.29, 0.717) is 0 Å². The lowest BCUT2D eigenvalue weighted by Gasteiger charge is -2.34. The molecule has 0 amide bonds. The smallest absolute Gasteiger partial charge is 0.104 e. The zero-order chi connectivity index (χ0) is 15.5. The van der Waals surface area contributed by atoms with E-state index < -0.39 is 0 Å². The van der Waals surface area contributed by atoms with E-state index in [-0.39, 0.29) is 0 Å². The topological polar surface area (TPSA) is 7.68 Å². The fourth-order valence-electron chi connectivity index (χ4n) is 3.23. The van der Waals surface area contributed by atoms with Crippen molar-refractivity contribution >= 4 is 17.3 Å². The summed E-state index contributed by atoms with van der Waals surface area (Å²) < 4.78 is 0. The largest absolute Gasteiger partial charge is 0.360 e. The molecule has 1 aliphatic rings. The molecule has 0 aliphatic carbocycles. The second-order valence-electron chi connectivity index (χ2n) is 6.22. The van der Waals surface area contributed by atoms with Crippen LogP contribution in [0, 0.1) is 13.8 Å². The van der Waals surface area contributed by atoms with Crippen LogP contribution in [0.4, 0.5) is 5.69 Å². The Morgan fingerprint density at radius 3 is 2.45 bits per heavy atom. The van der Waals surface area contributed by atoms with Crippen molar-refractivity contribution in [3.63, 3.8) is 0 Å². The van der Waals surface area contributed by atoms with Gasteiger partial charge in [-0.25, -0.2) is 0 Å². The summed E-state index contributed by atoms with van der Waals surface area (Å²) in [5, 5.41) is 0.895. The Morgan fingerprint density at radius 2 is 1.73 bits per heavy atom. The summed E-state index contributed by atoms with van der Waals surface area (Å²) in [4.78, 5) is 4.15. The maximum atomic E-state index is 6.28. The van der Waals surface area contributed by atoms with Gasteiger partial charge in [0.1, 0.15) is 6.54 Å². The molecule has 3 rings (SSSR count). The first kappa shape index (κ1) is 15.4. The van der Waals surface area contributed by atoms with E-state index in [2.05, 4.69) is 49.1 Å². The van der Waals surface area contributed by atoms with Crippen molar-refractivity contribution in [3.05, 3.63) is 64.2 Å². The Morgan fingerprint density at radius 1 is 1.00 bits per heavy atom. The lowest BCUT2D eigenvalue weighted by atomic mass is 10.1. The minimum absolute atomic E-state index is 0.895. The number of rotatable bonds is 3. The monoisotopic (exact) mass is 315 g/mol. The number of halogens is 1. The van der Waals surface area contributed by atoms with Gasteiger partial charge in [0, 0.05) is 16.3 Å². The number of nitrogens with one attached hydrogen (secondary N) is 1. The van der Waals surface area contributed by atoms with Crippen molar-refractivity contribution in [1.29, 1.82) is 0 Å². The third-order valence-electron chi connectivity index (χ3n) is 4.79. The average Bonchev–Trinajstić information content (AvgIpc) is 2.53. The van der Waals surface area contributed by atoms with Crippen molar-refractivity contribution in [3.8, 4) is 0 Å². The summed E-state index contributed by atoms with van der Waals surface area (Å²) in [6.07, 6.45) is 0. The normalized spacial score (nSPS) is 16.0. The number of quaternary nitrogens is 1. The van der Waals surface area contributed by atoms with Crippen molar-refractivity contribution in [2.24, 2.45) is 0 Å². The van der Waals surface area contributed by atoms with Gasteiger partial charge in [-0.15, -0.1) is 0 Å². The van der Waals surface area contributed by atoms with Crippen molar-refractivity contribution < 1.29 is 4.90 Å². The second-order valence-corrected chi connectivity index (χ2v) is 6.63. The zero-order valence-corrected chi connectivity index (χ0v) is 14.2. The second kappa shape index (κ2) is 6.72. The standard InChI is InChI=1S/C19H23ClN2/c1-15-6-5-9-19(16(15)2)22-12-10-21(11-13-22)14-17-7-3-4-8-18(17)20/h3-9H,10-14H2,1-2H3/p+1. The molecule has 0 saturated carbocycles. The molecule has 1 heterocycles. The molecule has 116 valence electrons. The molecule has 2 aromatic carbocycles. The van der Waals surface area contributed by atoms with Crippen molar-refractivity contribution in [2.75, 3.05) is 31.1 Å². The zero-order valence-electron chi connectivity index (χ0n) is 13.4. The minimum Gasteiger partial charge on any atom is -0.360 e. The number of piperazine rings is 1. The molecule has 2 nitrogen and oxygen atoms in total. The Kier molecular flexibility index (Phi) is 4.70. The quantitative estimate of drug-likeness (QED) is 0.915. The highest BCUT2D eigenvalue weighted by atomic mass is 35.5. The van der Waals surface area contributed by atoms with Gasteiger partial charge >= 0.3 is 0 Å². The molecule has 0 aromatic heterocycles. The van der Waals surface area contributed by atoms with Crippen LogP contribution in [0.3, 0.4) is 0 Å². The number of hydrogen-bond donors (Lipinski definition) is 1. The first-order valence-electron chi connectivity index (χ1n) is 8.03. The van der Waals surface area contributed by atoms with Gasteiger partial charge in [0.2, 0.25) is 0 Å². The molecule has 1 aliphatic heterocycles. The predicted molar refractivity (Wildman–Crippen MR) is 94.0 cm³/mol. The molecule has 1 saturated heterocycles. The molecule has 0 radical (unpaired) electrons. The lowest BCUT2D eigenvalue weighted by Crippen LogP contribution is -3.13. The molecule has 1 N–H and O–H groups in total. The first-order chi connectivity index (χ1) is 10.6. The van der Waals surface area contributed by atoms with Gasteiger partial charge in [-0.05, 0) is 37.1 Å². The van der Waals surface area contributed by atoms with Crippen LogP contribution < -0.4 is 9.80 Å². The molecule has 3 heteroatoms. The lowest BCUT2D eigenvalue weighted by molar-refractivity contribution is -0.914. The van der Waals surface area contributed by atoms with Gasteiger partial charge in [0.25, 0.3) is 0 Å². The maximum absolute atomic E-state index is 6.28. The van der Waals surface area contributed by atoms with Crippen LogP contribution >= 0.6 is 11.6 Å². The predicted octanol–water partition coefficient (Wildman–Crippen LogP) is 2.86. The SMILES string of the molecule is Cc1cccc(N2CC[NH+](Cc3ccccc3Cl)CC2)c1C. The summed E-state index contributed by atoms with van der Waals surface area (Å²) in [6.45, 7) is 10.0. The van der Waals surface area contributed by atoms with Gasteiger partial charge in [-0.2, -0.15) is 0 Å². The van der Waals surface area contributed by atoms with Crippen LogP contribution in [-0.4, -0.2) is 26.2 Å². The molecular formula is C19H24ClN2+. The molecular weight excluding hydrogens is 292 g/mol. The average molecular weight is 316 g/mol. The molecule has 0 unspecified atom stereocenters. The highest BCUT2D eigenvalue weighted by Gasteiger charge is 2.22. The van der Waals surface area contributed by atoms with Crippen molar-refractivity contribution in [1.82, 2.24) is 0 Å². The summed E-state index contributed by atoms with van der Waals surface area (Å²) >= 11 is 6.28. The van der Waals surface area contributed by atoms with Gasteiger partial charge in [0.05, 0.1) is 26.2 Å². The molecule has 0 atom stereocenters. The van der Waals surface area contributed by atoms with Crippen LogP contribution in [0.1, 0.15) is 16.7 Å². The summed E-state index contributed by atoms with van der Waals surface area (Å²) in [5.74, 6) is 0. The van der Waals surface area contributed by atoms with Gasteiger partial charge in [-0.3, -0.25) is 0 Å². The third kappa shape index (κ3) is 3.29. The van der Waals surface area contributed by atoms with Gasteiger partial charge < -0.3 is 9.80 Å². The number of aryl methyl sites for hydroxylation is 1. The summed E-state index contributed by atoms with van der Waals surface area (Å²) in [7, 11) is 0. The van der Waals surface area contributed by atoms with Crippen LogP contribution in [0.2, 0.25) is 5.02 Å². The molecule has 22 heavy (non-hydrogen) atoms. The van der Waals surface area contributed by atoms with Crippen LogP contribution in [0.15, 0.2) is 42.5 Å². The molecule has 0 spiro atoms.